The summed E-state index contributed by atoms with van der Waals surface area (Å²) in [6, 6.07) is 38.7. The highest BCUT2D eigenvalue weighted by Crippen LogP contribution is 2.36. The Morgan fingerprint density at radius 2 is 0.897 bits per heavy atom. The van der Waals surface area contributed by atoms with Crippen molar-refractivity contribution in [2.24, 2.45) is 5.73 Å². The monoisotopic (exact) mass is 375 g/mol. The van der Waals surface area contributed by atoms with Gasteiger partial charge in [0.05, 0.1) is 0 Å². The van der Waals surface area contributed by atoms with Crippen LogP contribution in [0.3, 0.4) is 0 Å². The minimum absolute atomic E-state index is 0.550. The van der Waals surface area contributed by atoms with Gasteiger partial charge >= 0.3 is 0 Å². The minimum atomic E-state index is 0.550. The molecule has 0 saturated carbocycles. The van der Waals surface area contributed by atoms with Crippen LogP contribution in [0.1, 0.15) is 33.4 Å². The van der Waals surface area contributed by atoms with Crippen LogP contribution in [0, 0.1) is 6.92 Å². The molecule has 0 aliphatic heterocycles. The molecular formula is C28H25N. The zero-order valence-corrected chi connectivity index (χ0v) is 16.7. The van der Waals surface area contributed by atoms with E-state index in [1.54, 1.807) is 0 Å². The van der Waals surface area contributed by atoms with Crippen molar-refractivity contribution < 1.29 is 0 Å². The van der Waals surface area contributed by atoms with E-state index in [9.17, 15) is 0 Å². The molecule has 0 amide bonds. The molecule has 0 saturated heterocycles. The van der Waals surface area contributed by atoms with E-state index in [0.717, 1.165) is 5.56 Å². The fraction of sp³-hybridized carbons (Fsp3) is 0.0714. The molecule has 0 atom stereocenters. The topological polar surface area (TPSA) is 26.0 Å². The van der Waals surface area contributed by atoms with Gasteiger partial charge in [-0.2, -0.15) is 0 Å². The molecule has 4 aromatic carbocycles. The third kappa shape index (κ3) is 4.21. The molecule has 0 fully saturated rings. The standard InChI is InChI=1S/C28H25N/c1-21-12-16-25(17-13-21)27(23-8-4-2-5-9-23)28(24-10-6-3-7-11-24)26-18-14-22(20-29)15-19-26/h2-19H,20,29H2,1H3. The van der Waals surface area contributed by atoms with Crippen molar-refractivity contribution in [1.82, 2.24) is 0 Å². The fourth-order valence-electron chi connectivity index (χ4n) is 3.65. The highest BCUT2D eigenvalue weighted by Gasteiger charge is 2.16. The van der Waals surface area contributed by atoms with E-state index in [2.05, 4.69) is 116 Å². The van der Waals surface area contributed by atoms with Gasteiger partial charge in [-0.3, -0.25) is 0 Å². The Morgan fingerprint density at radius 3 is 1.31 bits per heavy atom. The molecule has 0 aromatic heterocycles. The molecule has 142 valence electrons. The van der Waals surface area contributed by atoms with E-state index in [1.165, 1.54) is 39.0 Å². The van der Waals surface area contributed by atoms with Crippen molar-refractivity contribution in [1.29, 1.82) is 0 Å². The zero-order valence-electron chi connectivity index (χ0n) is 16.7. The first-order chi connectivity index (χ1) is 14.3. The second kappa shape index (κ2) is 8.72. The van der Waals surface area contributed by atoms with Crippen molar-refractivity contribution in [2.75, 3.05) is 0 Å². The number of hydrogen-bond donors (Lipinski definition) is 1. The molecular weight excluding hydrogens is 350 g/mol. The lowest BCUT2D eigenvalue weighted by atomic mass is 9.85. The van der Waals surface area contributed by atoms with Gasteiger partial charge < -0.3 is 5.73 Å². The summed E-state index contributed by atoms with van der Waals surface area (Å²) in [5, 5.41) is 0. The molecule has 4 aromatic rings. The van der Waals surface area contributed by atoms with Crippen LogP contribution in [0.25, 0.3) is 11.1 Å². The number of rotatable bonds is 5. The highest BCUT2D eigenvalue weighted by molar-refractivity contribution is 6.04. The second-order valence-electron chi connectivity index (χ2n) is 7.25. The lowest BCUT2D eigenvalue weighted by molar-refractivity contribution is 1.07. The Morgan fingerprint density at radius 1 is 0.517 bits per heavy atom. The molecule has 1 heteroatoms. The maximum Gasteiger partial charge on any atom is 0.0178 e. The number of nitrogens with two attached hydrogens (primary N) is 1. The summed E-state index contributed by atoms with van der Waals surface area (Å²) in [6.45, 7) is 2.67. The summed E-state index contributed by atoms with van der Waals surface area (Å²) in [6.07, 6.45) is 0. The molecule has 2 N–H and O–H groups in total. The summed E-state index contributed by atoms with van der Waals surface area (Å²) in [7, 11) is 0. The maximum atomic E-state index is 5.83. The van der Waals surface area contributed by atoms with Gasteiger partial charge in [-0.25, -0.2) is 0 Å². The molecule has 29 heavy (non-hydrogen) atoms. The van der Waals surface area contributed by atoms with E-state index in [0.29, 0.717) is 6.54 Å². The zero-order chi connectivity index (χ0) is 20.1. The Kier molecular flexibility index (Phi) is 5.69. The molecule has 0 radical (unpaired) electrons. The first-order valence-electron chi connectivity index (χ1n) is 9.98. The van der Waals surface area contributed by atoms with Crippen molar-refractivity contribution in [3.05, 3.63) is 143 Å². The summed E-state index contributed by atoms with van der Waals surface area (Å²) < 4.78 is 0. The van der Waals surface area contributed by atoms with Crippen molar-refractivity contribution in [2.45, 2.75) is 13.5 Å². The van der Waals surface area contributed by atoms with E-state index >= 15 is 0 Å². The van der Waals surface area contributed by atoms with E-state index in [1.807, 2.05) is 0 Å². The predicted molar refractivity (Wildman–Crippen MR) is 123 cm³/mol. The number of hydrogen-bond acceptors (Lipinski definition) is 1. The normalized spacial score (nSPS) is 11.8. The highest BCUT2D eigenvalue weighted by atomic mass is 14.5. The Labute approximate surface area is 173 Å². The third-order valence-electron chi connectivity index (χ3n) is 5.19. The molecule has 0 spiro atoms. The molecule has 0 unspecified atom stereocenters. The Bertz CT molecular complexity index is 1090. The lowest BCUT2D eigenvalue weighted by Crippen LogP contribution is -1.99. The third-order valence-corrected chi connectivity index (χ3v) is 5.19. The average molecular weight is 376 g/mol. The Balaban J connectivity index is 2.05. The second-order valence-corrected chi connectivity index (χ2v) is 7.25. The van der Waals surface area contributed by atoms with Crippen LogP contribution in [-0.4, -0.2) is 0 Å². The van der Waals surface area contributed by atoms with Gasteiger partial charge in [-0.15, -0.1) is 0 Å². The molecule has 0 aliphatic carbocycles. The molecule has 0 heterocycles. The van der Waals surface area contributed by atoms with Gasteiger partial charge in [0.1, 0.15) is 0 Å². The van der Waals surface area contributed by atoms with Crippen molar-refractivity contribution >= 4 is 11.1 Å². The van der Waals surface area contributed by atoms with Gasteiger partial charge in [-0.1, -0.05) is 115 Å². The quantitative estimate of drug-likeness (QED) is 0.398. The summed E-state index contributed by atoms with van der Waals surface area (Å²) in [5.41, 5.74) is 15.5. The molecule has 0 aliphatic rings. The van der Waals surface area contributed by atoms with Gasteiger partial charge in [-0.05, 0) is 45.9 Å². The molecule has 0 bridgehead atoms. The SMILES string of the molecule is Cc1ccc(C(=C(c2ccccc2)c2ccc(CN)cc2)c2ccccc2)cc1. The number of aryl methyl sites for hydroxylation is 1. The fourth-order valence-corrected chi connectivity index (χ4v) is 3.65. The lowest BCUT2D eigenvalue weighted by Gasteiger charge is -2.18. The van der Waals surface area contributed by atoms with Crippen molar-refractivity contribution in [3.63, 3.8) is 0 Å². The van der Waals surface area contributed by atoms with Crippen LogP contribution < -0.4 is 5.73 Å². The van der Waals surface area contributed by atoms with E-state index in [4.69, 9.17) is 5.73 Å². The van der Waals surface area contributed by atoms with Crippen LogP contribution in [0.4, 0.5) is 0 Å². The van der Waals surface area contributed by atoms with Crippen LogP contribution in [0.5, 0.6) is 0 Å². The predicted octanol–water partition coefficient (Wildman–Crippen LogP) is 6.46. The summed E-state index contributed by atoms with van der Waals surface area (Å²) >= 11 is 0. The molecule has 1 nitrogen and oxygen atoms in total. The first kappa shape index (κ1) is 18.9. The number of benzene rings is 4. The van der Waals surface area contributed by atoms with Gasteiger partial charge in [0.25, 0.3) is 0 Å². The van der Waals surface area contributed by atoms with Crippen LogP contribution in [0.15, 0.2) is 109 Å². The van der Waals surface area contributed by atoms with Crippen LogP contribution in [0.2, 0.25) is 0 Å². The largest absolute Gasteiger partial charge is 0.326 e. The maximum absolute atomic E-state index is 5.83. The first-order valence-corrected chi connectivity index (χ1v) is 9.98. The average Bonchev–Trinajstić information content (AvgIpc) is 2.79. The van der Waals surface area contributed by atoms with Crippen LogP contribution in [-0.2, 0) is 6.54 Å². The summed E-state index contributed by atoms with van der Waals surface area (Å²) in [4.78, 5) is 0. The summed E-state index contributed by atoms with van der Waals surface area (Å²) in [5.74, 6) is 0. The minimum Gasteiger partial charge on any atom is -0.326 e. The van der Waals surface area contributed by atoms with Crippen molar-refractivity contribution in [3.8, 4) is 0 Å². The van der Waals surface area contributed by atoms with E-state index in [-0.39, 0.29) is 0 Å². The van der Waals surface area contributed by atoms with E-state index < -0.39 is 0 Å². The van der Waals surface area contributed by atoms with Gasteiger partial charge in [0.15, 0.2) is 0 Å². The molecule has 4 rings (SSSR count). The Hall–Kier alpha value is -3.42. The van der Waals surface area contributed by atoms with Crippen LogP contribution >= 0.6 is 0 Å². The smallest absolute Gasteiger partial charge is 0.0178 e. The van der Waals surface area contributed by atoms with Gasteiger partial charge in [0.2, 0.25) is 0 Å². The van der Waals surface area contributed by atoms with Gasteiger partial charge in [0, 0.05) is 6.54 Å².